The molecular formula is C11H20ClN3O4S. The fourth-order valence-corrected chi connectivity index (χ4v) is 2.20. The minimum atomic E-state index is -3.68. The van der Waals surface area contributed by atoms with Crippen LogP contribution < -0.4 is 10.0 Å². The maximum atomic E-state index is 12.1. The summed E-state index contributed by atoms with van der Waals surface area (Å²) in [5, 5.41) is 2.68. The third kappa shape index (κ3) is 4.20. The van der Waals surface area contributed by atoms with Gasteiger partial charge in [-0.25, -0.2) is 13.1 Å². The molecule has 116 valence electrons. The van der Waals surface area contributed by atoms with Crippen LogP contribution in [0.5, 0.6) is 0 Å². The van der Waals surface area contributed by atoms with Crippen LogP contribution >= 0.6 is 12.4 Å². The van der Waals surface area contributed by atoms with Crippen molar-refractivity contribution < 1.29 is 17.6 Å². The summed E-state index contributed by atoms with van der Waals surface area (Å²) in [5.74, 6) is 0.0178. The molecular weight excluding hydrogens is 306 g/mol. The van der Waals surface area contributed by atoms with Gasteiger partial charge in [0.2, 0.25) is 5.09 Å². The first-order valence-electron chi connectivity index (χ1n) is 5.77. The number of rotatable bonds is 6. The summed E-state index contributed by atoms with van der Waals surface area (Å²) in [6.07, 6.45) is 0. The van der Waals surface area contributed by atoms with Crippen LogP contribution in [-0.4, -0.2) is 53.5 Å². The summed E-state index contributed by atoms with van der Waals surface area (Å²) in [6.45, 7) is 2.74. The molecule has 0 bridgehead atoms. The molecule has 20 heavy (non-hydrogen) atoms. The van der Waals surface area contributed by atoms with Crippen LogP contribution in [0.25, 0.3) is 0 Å². The monoisotopic (exact) mass is 325 g/mol. The summed E-state index contributed by atoms with van der Waals surface area (Å²) < 4.78 is 30.5. The fourth-order valence-electron chi connectivity index (χ4n) is 1.49. The molecule has 7 nitrogen and oxygen atoms in total. The molecule has 0 unspecified atom stereocenters. The Morgan fingerprint density at radius 1 is 1.40 bits per heavy atom. The molecule has 0 aliphatic rings. The second-order valence-corrected chi connectivity index (χ2v) is 5.89. The number of hydrogen-bond donors (Lipinski definition) is 2. The molecule has 0 aromatic carbocycles. The Hall–Kier alpha value is -1.09. The Bertz CT molecular complexity index is 556. The van der Waals surface area contributed by atoms with Crippen LogP contribution in [0, 0.1) is 6.92 Å². The van der Waals surface area contributed by atoms with E-state index in [4.69, 9.17) is 4.42 Å². The lowest BCUT2D eigenvalue weighted by Crippen LogP contribution is -2.32. The first-order chi connectivity index (χ1) is 8.83. The van der Waals surface area contributed by atoms with Gasteiger partial charge in [-0.3, -0.25) is 4.79 Å². The molecule has 1 aromatic heterocycles. The number of halogens is 1. The topological polar surface area (TPSA) is 91.7 Å². The Morgan fingerprint density at radius 3 is 2.50 bits per heavy atom. The lowest BCUT2D eigenvalue weighted by Gasteiger charge is -2.16. The summed E-state index contributed by atoms with van der Waals surface area (Å²) in [5.41, 5.74) is 0.257. The summed E-state index contributed by atoms with van der Waals surface area (Å²) in [6, 6.07) is 1.25. The number of furan rings is 1. The highest BCUT2D eigenvalue weighted by atomic mass is 35.5. The predicted molar refractivity (Wildman–Crippen MR) is 77.8 cm³/mol. The van der Waals surface area contributed by atoms with Gasteiger partial charge >= 0.3 is 0 Å². The van der Waals surface area contributed by atoms with Crippen LogP contribution in [0.15, 0.2) is 15.6 Å². The molecule has 0 saturated carbocycles. The number of likely N-dealkylation sites (N-methyl/N-ethyl adjacent to an activating group) is 2. The second kappa shape index (κ2) is 7.63. The summed E-state index contributed by atoms with van der Waals surface area (Å²) >= 11 is 0. The van der Waals surface area contributed by atoms with Crippen molar-refractivity contribution in [2.45, 2.75) is 12.0 Å². The molecule has 0 radical (unpaired) electrons. The van der Waals surface area contributed by atoms with E-state index in [1.54, 1.807) is 21.0 Å². The molecule has 0 saturated heterocycles. The van der Waals surface area contributed by atoms with Crippen LogP contribution in [-0.2, 0) is 10.0 Å². The molecule has 0 aliphatic carbocycles. The predicted octanol–water partition coefficient (Wildman–Crippen LogP) is 0.209. The van der Waals surface area contributed by atoms with E-state index in [-0.39, 0.29) is 34.7 Å². The molecule has 0 atom stereocenters. The average molecular weight is 326 g/mol. The number of hydrogen-bond acceptors (Lipinski definition) is 5. The smallest absolute Gasteiger partial charge is 0.273 e. The van der Waals surface area contributed by atoms with Crippen LogP contribution in [0.4, 0.5) is 0 Å². The molecule has 1 amide bonds. The Morgan fingerprint density at radius 2 is 2.00 bits per heavy atom. The van der Waals surface area contributed by atoms with Gasteiger partial charge in [0.1, 0.15) is 5.76 Å². The third-order valence-electron chi connectivity index (χ3n) is 2.70. The van der Waals surface area contributed by atoms with Gasteiger partial charge in [-0.15, -0.1) is 12.4 Å². The fraction of sp³-hybridized carbons (Fsp3) is 0.545. The molecule has 1 rings (SSSR count). The number of nitrogens with zero attached hydrogens (tertiary/aromatic N) is 1. The highest BCUT2D eigenvalue weighted by Gasteiger charge is 2.24. The van der Waals surface area contributed by atoms with Gasteiger partial charge in [-0.2, -0.15) is 0 Å². The van der Waals surface area contributed by atoms with Gasteiger partial charge in [0.15, 0.2) is 0 Å². The molecule has 0 spiro atoms. The van der Waals surface area contributed by atoms with Gasteiger partial charge in [0, 0.05) is 26.2 Å². The molecule has 1 aromatic rings. The molecule has 0 aliphatic heterocycles. The van der Waals surface area contributed by atoms with Gasteiger partial charge < -0.3 is 14.6 Å². The number of carbonyl (C=O) groups excluding carboxylic acids is 1. The van der Waals surface area contributed by atoms with Crippen molar-refractivity contribution in [3.05, 3.63) is 17.4 Å². The minimum absolute atomic E-state index is 0. The zero-order valence-corrected chi connectivity index (χ0v) is 13.5. The largest absolute Gasteiger partial charge is 0.448 e. The van der Waals surface area contributed by atoms with E-state index >= 15 is 0 Å². The molecule has 0 fully saturated rings. The van der Waals surface area contributed by atoms with Crippen molar-refractivity contribution in [1.29, 1.82) is 0 Å². The third-order valence-corrected chi connectivity index (χ3v) is 3.97. The molecule has 2 N–H and O–H groups in total. The van der Waals surface area contributed by atoms with E-state index in [2.05, 4.69) is 10.0 Å². The molecule has 9 heteroatoms. The van der Waals surface area contributed by atoms with Crippen molar-refractivity contribution >= 4 is 28.3 Å². The van der Waals surface area contributed by atoms with Crippen molar-refractivity contribution in [1.82, 2.24) is 14.9 Å². The summed E-state index contributed by atoms with van der Waals surface area (Å²) in [7, 11) is 1.05. The van der Waals surface area contributed by atoms with E-state index in [1.165, 1.54) is 18.0 Å². The standard InChI is InChI=1S/C11H19N3O4S.ClH/c1-8-9(11(15)14(4)6-5-12-2)7-10(18-8)19(16,17)13-3;/h7,12-13H,5-6H2,1-4H3;1H. The van der Waals surface area contributed by atoms with E-state index in [9.17, 15) is 13.2 Å². The number of amides is 1. The lowest BCUT2D eigenvalue weighted by molar-refractivity contribution is 0.0795. The average Bonchev–Trinajstić information content (AvgIpc) is 2.77. The first kappa shape index (κ1) is 18.9. The van der Waals surface area contributed by atoms with Gasteiger partial charge in [0.05, 0.1) is 5.56 Å². The van der Waals surface area contributed by atoms with Gasteiger partial charge in [-0.05, 0) is 21.0 Å². The highest BCUT2D eigenvalue weighted by molar-refractivity contribution is 7.89. The molecule has 1 heterocycles. The first-order valence-corrected chi connectivity index (χ1v) is 7.26. The van der Waals surface area contributed by atoms with Crippen molar-refractivity contribution in [2.24, 2.45) is 0 Å². The van der Waals surface area contributed by atoms with Gasteiger partial charge in [0.25, 0.3) is 15.9 Å². The normalized spacial score (nSPS) is 11.0. The zero-order chi connectivity index (χ0) is 14.6. The van der Waals surface area contributed by atoms with E-state index < -0.39 is 10.0 Å². The number of sulfonamides is 1. The van der Waals surface area contributed by atoms with E-state index in [0.717, 1.165) is 0 Å². The van der Waals surface area contributed by atoms with Gasteiger partial charge in [-0.1, -0.05) is 0 Å². The van der Waals surface area contributed by atoms with Crippen LogP contribution in [0.1, 0.15) is 16.1 Å². The van der Waals surface area contributed by atoms with Crippen LogP contribution in [0.3, 0.4) is 0 Å². The Kier molecular flexibility index (Phi) is 7.21. The van der Waals surface area contributed by atoms with Crippen molar-refractivity contribution in [3.8, 4) is 0 Å². The van der Waals surface area contributed by atoms with E-state index in [1.807, 2.05) is 0 Å². The quantitative estimate of drug-likeness (QED) is 0.780. The summed E-state index contributed by atoms with van der Waals surface area (Å²) in [4.78, 5) is 13.6. The van der Waals surface area contributed by atoms with E-state index in [0.29, 0.717) is 13.1 Å². The maximum absolute atomic E-state index is 12.1. The van der Waals surface area contributed by atoms with Crippen molar-refractivity contribution in [3.63, 3.8) is 0 Å². The SMILES string of the molecule is CNCCN(C)C(=O)c1cc(S(=O)(=O)NC)oc1C.Cl. The Balaban J connectivity index is 0.00000361. The maximum Gasteiger partial charge on any atom is 0.273 e. The van der Waals surface area contributed by atoms with Crippen molar-refractivity contribution in [2.75, 3.05) is 34.2 Å². The number of carbonyl (C=O) groups is 1. The highest BCUT2D eigenvalue weighted by Crippen LogP contribution is 2.20. The minimum Gasteiger partial charge on any atom is -0.448 e. The zero-order valence-electron chi connectivity index (χ0n) is 11.9. The Labute approximate surface area is 125 Å². The number of aryl methyl sites for hydroxylation is 1. The van der Waals surface area contributed by atoms with Crippen LogP contribution in [0.2, 0.25) is 0 Å². The second-order valence-electron chi connectivity index (χ2n) is 4.07. The lowest BCUT2D eigenvalue weighted by atomic mass is 10.2. The number of nitrogens with one attached hydrogen (secondary N) is 2.